The van der Waals surface area contributed by atoms with Gasteiger partial charge in [0.2, 0.25) is 0 Å². The van der Waals surface area contributed by atoms with Crippen LogP contribution >= 0.6 is 0 Å². The summed E-state index contributed by atoms with van der Waals surface area (Å²) < 4.78 is 1.49. The van der Waals surface area contributed by atoms with Crippen LogP contribution in [0.4, 0.5) is 10.5 Å². The summed E-state index contributed by atoms with van der Waals surface area (Å²) in [6, 6.07) is 15.0. The highest BCUT2D eigenvalue weighted by atomic mass is 16.2. The number of benzene rings is 2. The van der Waals surface area contributed by atoms with Crippen molar-refractivity contribution in [1.82, 2.24) is 14.5 Å². The number of carbonyl (C=O) groups is 1. The number of nitrogens with zero attached hydrogens (tertiary/aromatic N) is 4. The summed E-state index contributed by atoms with van der Waals surface area (Å²) in [4.78, 5) is 32.1. The molecule has 7 heteroatoms. The van der Waals surface area contributed by atoms with E-state index in [0.29, 0.717) is 28.0 Å². The van der Waals surface area contributed by atoms with E-state index in [9.17, 15) is 9.59 Å². The smallest absolute Gasteiger partial charge is 0.312 e. The predicted octanol–water partition coefficient (Wildman–Crippen LogP) is 3.81. The minimum atomic E-state index is -0.448. The molecular weight excluding hydrogens is 366 g/mol. The fraction of sp³-hybridized carbons (Fsp3) is 0.273. The van der Waals surface area contributed by atoms with Crippen LogP contribution < -0.4 is 10.9 Å². The molecule has 3 rings (SSSR count). The Labute approximate surface area is 169 Å². The van der Waals surface area contributed by atoms with Crippen LogP contribution in [0, 0.1) is 11.3 Å². The maximum atomic E-state index is 13.0. The Kier molecular flexibility index (Phi) is 5.64. The molecule has 0 saturated heterocycles. The average Bonchev–Trinajstić information content (AvgIpc) is 2.70. The van der Waals surface area contributed by atoms with Gasteiger partial charge in [-0.2, -0.15) is 5.26 Å². The second-order valence-electron chi connectivity index (χ2n) is 7.15. The molecule has 0 saturated carbocycles. The molecule has 1 heterocycles. The van der Waals surface area contributed by atoms with Crippen molar-refractivity contribution >= 4 is 22.6 Å². The highest BCUT2D eigenvalue weighted by Gasteiger charge is 2.27. The molecule has 7 nitrogen and oxygen atoms in total. The first-order chi connectivity index (χ1) is 13.8. The summed E-state index contributed by atoms with van der Waals surface area (Å²) >= 11 is 0. The Morgan fingerprint density at radius 1 is 1.17 bits per heavy atom. The van der Waals surface area contributed by atoms with Gasteiger partial charge >= 0.3 is 6.03 Å². The molecule has 0 fully saturated rings. The lowest BCUT2D eigenvalue weighted by Crippen LogP contribution is -2.43. The highest BCUT2D eigenvalue weighted by molar-refractivity contribution is 5.90. The second kappa shape index (κ2) is 8.15. The highest BCUT2D eigenvalue weighted by Crippen LogP contribution is 2.23. The normalized spacial score (nSPS) is 11.9. The van der Waals surface area contributed by atoms with Gasteiger partial charge in [0.25, 0.3) is 5.56 Å². The van der Waals surface area contributed by atoms with E-state index in [1.54, 1.807) is 54.4 Å². The molecule has 1 atom stereocenters. The van der Waals surface area contributed by atoms with E-state index in [4.69, 9.17) is 5.26 Å². The summed E-state index contributed by atoms with van der Waals surface area (Å²) in [5, 5.41) is 12.4. The Morgan fingerprint density at radius 3 is 2.59 bits per heavy atom. The van der Waals surface area contributed by atoms with Crippen LogP contribution in [-0.2, 0) is 7.05 Å². The van der Waals surface area contributed by atoms with E-state index < -0.39 is 6.04 Å². The number of para-hydroxylation sites is 1. The van der Waals surface area contributed by atoms with Crippen molar-refractivity contribution in [2.24, 2.45) is 7.05 Å². The monoisotopic (exact) mass is 389 g/mol. The van der Waals surface area contributed by atoms with E-state index in [1.165, 1.54) is 4.57 Å². The van der Waals surface area contributed by atoms with Gasteiger partial charge in [-0.1, -0.05) is 18.2 Å². The van der Waals surface area contributed by atoms with Gasteiger partial charge in [0.1, 0.15) is 5.82 Å². The number of hydrogen-bond donors (Lipinski definition) is 1. The summed E-state index contributed by atoms with van der Waals surface area (Å²) in [6.45, 7) is 5.66. The number of rotatable bonds is 4. The first-order valence-electron chi connectivity index (χ1n) is 9.38. The number of hydrogen-bond acceptors (Lipinski definition) is 4. The molecule has 0 unspecified atom stereocenters. The molecule has 29 heavy (non-hydrogen) atoms. The largest absolute Gasteiger partial charge is 0.322 e. The second-order valence-corrected chi connectivity index (χ2v) is 7.15. The van der Waals surface area contributed by atoms with Gasteiger partial charge in [-0.3, -0.25) is 9.36 Å². The lowest BCUT2D eigenvalue weighted by Gasteiger charge is -2.33. The van der Waals surface area contributed by atoms with E-state index in [1.807, 2.05) is 26.8 Å². The van der Waals surface area contributed by atoms with Crippen molar-refractivity contribution in [1.29, 1.82) is 5.26 Å². The van der Waals surface area contributed by atoms with Crippen molar-refractivity contribution in [3.8, 4) is 6.07 Å². The van der Waals surface area contributed by atoms with Crippen molar-refractivity contribution in [3.05, 3.63) is 70.3 Å². The number of amides is 2. The van der Waals surface area contributed by atoms with Gasteiger partial charge in [0.05, 0.1) is 28.6 Å². The summed E-state index contributed by atoms with van der Waals surface area (Å²) in [5.74, 6) is 0.503. The number of anilines is 1. The summed E-state index contributed by atoms with van der Waals surface area (Å²) in [6.07, 6.45) is 0. The molecule has 148 valence electrons. The Bertz CT molecular complexity index is 1160. The van der Waals surface area contributed by atoms with Crippen LogP contribution in [0.3, 0.4) is 0 Å². The molecule has 2 aromatic carbocycles. The molecular formula is C22H23N5O2. The standard InChI is InChI=1S/C22H23N5O2/c1-14(2)27(22(29)24-17-9-7-8-16(12-17)13-23)15(3)20-25-19-11-6-5-10-18(19)21(28)26(20)4/h5-12,14-15H,1-4H3,(H,24,29)/t15-/m0/s1. The average molecular weight is 389 g/mol. The Hall–Kier alpha value is -3.66. The number of fused-ring (bicyclic) bond motifs is 1. The van der Waals surface area contributed by atoms with Crippen LogP contribution in [-0.4, -0.2) is 26.5 Å². The van der Waals surface area contributed by atoms with Crippen LogP contribution in [0.1, 0.15) is 38.2 Å². The molecule has 2 amide bonds. The van der Waals surface area contributed by atoms with E-state index in [-0.39, 0.29) is 17.6 Å². The zero-order chi connectivity index (χ0) is 21.1. The van der Waals surface area contributed by atoms with Gasteiger partial charge in [-0.15, -0.1) is 0 Å². The van der Waals surface area contributed by atoms with Gasteiger partial charge in [0, 0.05) is 18.8 Å². The topological polar surface area (TPSA) is 91.0 Å². The number of nitrogens with one attached hydrogen (secondary N) is 1. The summed E-state index contributed by atoms with van der Waals surface area (Å²) in [5.41, 5.74) is 1.45. The quantitative estimate of drug-likeness (QED) is 0.734. The maximum absolute atomic E-state index is 13.0. The molecule has 0 spiro atoms. The number of carbonyl (C=O) groups excluding carboxylic acids is 1. The molecule has 0 radical (unpaired) electrons. The van der Waals surface area contributed by atoms with Crippen molar-refractivity contribution in [2.45, 2.75) is 32.9 Å². The first-order valence-corrected chi connectivity index (χ1v) is 9.38. The third-order valence-electron chi connectivity index (χ3n) is 4.84. The molecule has 0 aliphatic rings. The zero-order valence-corrected chi connectivity index (χ0v) is 16.9. The number of aromatic nitrogens is 2. The zero-order valence-electron chi connectivity index (χ0n) is 16.9. The van der Waals surface area contributed by atoms with Crippen LogP contribution in [0.25, 0.3) is 10.9 Å². The first kappa shape index (κ1) is 20.1. The Morgan fingerprint density at radius 2 is 1.90 bits per heavy atom. The lowest BCUT2D eigenvalue weighted by molar-refractivity contribution is 0.168. The minimum absolute atomic E-state index is 0.146. The van der Waals surface area contributed by atoms with Gasteiger partial charge < -0.3 is 10.2 Å². The molecule has 0 aliphatic heterocycles. The molecule has 1 N–H and O–H groups in total. The predicted molar refractivity (Wildman–Crippen MR) is 113 cm³/mol. The third kappa shape index (κ3) is 3.97. The Balaban J connectivity index is 1.98. The molecule has 3 aromatic rings. The van der Waals surface area contributed by atoms with E-state index >= 15 is 0 Å². The molecule has 1 aromatic heterocycles. The fourth-order valence-corrected chi connectivity index (χ4v) is 3.45. The number of urea groups is 1. The minimum Gasteiger partial charge on any atom is -0.312 e. The molecule has 0 aliphatic carbocycles. The van der Waals surface area contributed by atoms with Crippen LogP contribution in [0.5, 0.6) is 0 Å². The maximum Gasteiger partial charge on any atom is 0.322 e. The SMILES string of the molecule is CC(C)N(C(=O)Nc1cccc(C#N)c1)[C@@H](C)c1nc2ccccc2c(=O)n1C. The summed E-state index contributed by atoms with van der Waals surface area (Å²) in [7, 11) is 1.67. The van der Waals surface area contributed by atoms with Crippen molar-refractivity contribution in [2.75, 3.05) is 5.32 Å². The van der Waals surface area contributed by atoms with E-state index in [2.05, 4.69) is 16.4 Å². The van der Waals surface area contributed by atoms with Crippen molar-refractivity contribution in [3.63, 3.8) is 0 Å². The van der Waals surface area contributed by atoms with E-state index in [0.717, 1.165) is 0 Å². The van der Waals surface area contributed by atoms with Gasteiger partial charge in [-0.05, 0) is 51.1 Å². The molecule has 0 bridgehead atoms. The van der Waals surface area contributed by atoms with Gasteiger partial charge in [-0.25, -0.2) is 9.78 Å². The number of nitriles is 1. The van der Waals surface area contributed by atoms with Crippen LogP contribution in [0.15, 0.2) is 53.3 Å². The third-order valence-corrected chi connectivity index (χ3v) is 4.84. The van der Waals surface area contributed by atoms with Crippen LogP contribution in [0.2, 0.25) is 0 Å². The van der Waals surface area contributed by atoms with Crippen molar-refractivity contribution < 1.29 is 4.79 Å². The fourth-order valence-electron chi connectivity index (χ4n) is 3.45. The lowest BCUT2D eigenvalue weighted by atomic mass is 10.1. The van der Waals surface area contributed by atoms with Gasteiger partial charge in [0.15, 0.2) is 0 Å².